The minimum Gasteiger partial charge on any atom is -0.364 e. The monoisotopic (exact) mass is 639 g/mol. The first-order valence-corrected chi connectivity index (χ1v) is 16.0. The SMILES string of the molecule is C=C/C(Br)=C(\C)N=C(C=C(C)C)C(CCC)CCCCc1ccc(C(=O)ON(C)C)cc1.CC.CCc1cccnc1. The van der Waals surface area contributed by atoms with Crippen molar-refractivity contribution < 1.29 is 9.63 Å². The Kier molecular flexibility index (Phi) is 22.1. The third-order valence-corrected chi connectivity index (χ3v) is 7.07. The number of unbranched alkanes of at least 4 members (excludes halogenated alkanes) is 1. The first-order chi connectivity index (χ1) is 20.1. The number of benzene rings is 1. The van der Waals surface area contributed by atoms with Gasteiger partial charge in [0, 0.05) is 42.6 Å². The van der Waals surface area contributed by atoms with Gasteiger partial charge in [-0.2, -0.15) is 0 Å². The molecule has 0 saturated carbocycles. The molecule has 42 heavy (non-hydrogen) atoms. The lowest BCUT2D eigenvalue weighted by Gasteiger charge is -2.18. The van der Waals surface area contributed by atoms with Gasteiger partial charge in [-0.25, -0.2) is 4.79 Å². The quantitative estimate of drug-likeness (QED) is 0.0893. The van der Waals surface area contributed by atoms with E-state index in [2.05, 4.69) is 67.3 Å². The van der Waals surface area contributed by atoms with E-state index in [4.69, 9.17) is 9.83 Å². The van der Waals surface area contributed by atoms with E-state index >= 15 is 0 Å². The maximum absolute atomic E-state index is 11.9. The number of carbonyl (C=O) groups is 1. The van der Waals surface area contributed by atoms with Gasteiger partial charge < -0.3 is 4.84 Å². The second kappa shape index (κ2) is 23.7. The highest BCUT2D eigenvalue weighted by Crippen LogP contribution is 2.23. The van der Waals surface area contributed by atoms with Crippen molar-refractivity contribution in [2.75, 3.05) is 14.1 Å². The molecule has 1 atom stereocenters. The third kappa shape index (κ3) is 17.2. The van der Waals surface area contributed by atoms with E-state index in [0.29, 0.717) is 11.5 Å². The van der Waals surface area contributed by atoms with Gasteiger partial charge in [-0.1, -0.05) is 77.0 Å². The molecule has 0 saturated heterocycles. The van der Waals surface area contributed by atoms with Crippen molar-refractivity contribution >= 4 is 27.6 Å². The van der Waals surface area contributed by atoms with Gasteiger partial charge in [-0.05, 0) is 104 Å². The van der Waals surface area contributed by atoms with Gasteiger partial charge >= 0.3 is 5.97 Å². The zero-order chi connectivity index (χ0) is 31.9. The van der Waals surface area contributed by atoms with Crippen LogP contribution in [0, 0.1) is 5.92 Å². The zero-order valence-electron chi connectivity index (χ0n) is 27.5. The molecule has 2 aromatic rings. The average Bonchev–Trinajstić information content (AvgIpc) is 2.99. The van der Waals surface area contributed by atoms with E-state index in [-0.39, 0.29) is 5.97 Å². The number of aromatic nitrogens is 1. The van der Waals surface area contributed by atoms with Crippen molar-refractivity contribution in [1.82, 2.24) is 10.0 Å². The summed E-state index contributed by atoms with van der Waals surface area (Å²) in [5.74, 6) is 0.112. The minimum absolute atomic E-state index is 0.331. The lowest BCUT2D eigenvalue weighted by Crippen LogP contribution is -2.18. The van der Waals surface area contributed by atoms with Crippen LogP contribution in [0.4, 0.5) is 0 Å². The van der Waals surface area contributed by atoms with Crippen molar-refractivity contribution in [3.63, 3.8) is 0 Å². The molecule has 0 aliphatic rings. The molecule has 0 aliphatic carbocycles. The van der Waals surface area contributed by atoms with E-state index in [0.717, 1.165) is 60.8 Å². The molecule has 232 valence electrons. The van der Waals surface area contributed by atoms with Gasteiger partial charge in [-0.15, -0.1) is 5.06 Å². The van der Waals surface area contributed by atoms with Crippen LogP contribution in [0.25, 0.3) is 0 Å². The number of carbonyl (C=O) groups excluding carboxylic acids is 1. The Bertz CT molecular complexity index is 1120. The number of hydrogen-bond donors (Lipinski definition) is 0. The Hall–Kier alpha value is -2.83. The first kappa shape index (κ1) is 39.2. The van der Waals surface area contributed by atoms with Crippen molar-refractivity contribution in [2.45, 2.75) is 93.4 Å². The van der Waals surface area contributed by atoms with Crippen LogP contribution in [-0.4, -0.2) is 35.8 Å². The second-order valence-electron chi connectivity index (χ2n) is 10.2. The number of aryl methyl sites for hydroxylation is 2. The smallest absolute Gasteiger partial charge is 0.356 e. The molecule has 1 unspecified atom stereocenters. The summed E-state index contributed by atoms with van der Waals surface area (Å²) < 4.78 is 0.935. The fourth-order valence-corrected chi connectivity index (χ4v) is 4.16. The van der Waals surface area contributed by atoms with E-state index in [1.54, 1.807) is 26.4 Å². The summed E-state index contributed by atoms with van der Waals surface area (Å²) in [7, 11) is 3.39. The number of nitrogens with zero attached hydrogens (tertiary/aromatic N) is 3. The lowest BCUT2D eigenvalue weighted by atomic mass is 9.90. The van der Waals surface area contributed by atoms with Gasteiger partial charge in [0.1, 0.15) is 0 Å². The highest BCUT2D eigenvalue weighted by molar-refractivity contribution is 9.11. The Morgan fingerprint density at radius 1 is 1.05 bits per heavy atom. The van der Waals surface area contributed by atoms with Crippen LogP contribution in [0.5, 0.6) is 0 Å². The Morgan fingerprint density at radius 2 is 1.71 bits per heavy atom. The van der Waals surface area contributed by atoms with Gasteiger partial charge in [0.25, 0.3) is 0 Å². The Morgan fingerprint density at radius 3 is 2.19 bits per heavy atom. The van der Waals surface area contributed by atoms with E-state index in [1.165, 1.54) is 21.8 Å². The molecular weight excluding hydrogens is 586 g/mol. The van der Waals surface area contributed by atoms with Gasteiger partial charge in [-0.3, -0.25) is 9.98 Å². The molecule has 0 N–H and O–H groups in total. The molecule has 5 nitrogen and oxygen atoms in total. The van der Waals surface area contributed by atoms with E-state index < -0.39 is 0 Å². The molecule has 0 spiro atoms. The van der Waals surface area contributed by atoms with Crippen LogP contribution < -0.4 is 0 Å². The lowest BCUT2D eigenvalue weighted by molar-refractivity contribution is -0.0713. The van der Waals surface area contributed by atoms with Gasteiger partial charge in [0.05, 0.1) is 11.3 Å². The summed E-state index contributed by atoms with van der Waals surface area (Å²) in [4.78, 5) is 25.9. The van der Waals surface area contributed by atoms with Crippen LogP contribution in [0.15, 0.2) is 88.3 Å². The highest BCUT2D eigenvalue weighted by atomic mass is 79.9. The number of allylic oxidation sites excluding steroid dienone is 5. The number of rotatable bonds is 14. The number of pyridine rings is 1. The predicted molar refractivity (Wildman–Crippen MR) is 185 cm³/mol. The maximum Gasteiger partial charge on any atom is 0.356 e. The van der Waals surface area contributed by atoms with Crippen molar-refractivity contribution in [3.05, 3.63) is 100.0 Å². The van der Waals surface area contributed by atoms with E-state index in [9.17, 15) is 4.79 Å². The van der Waals surface area contributed by atoms with Crippen LogP contribution in [-0.2, 0) is 17.7 Å². The molecule has 0 bridgehead atoms. The number of aliphatic imine (C=N–C) groups is 1. The summed E-state index contributed by atoms with van der Waals surface area (Å²) in [6.07, 6.45) is 15.4. The average molecular weight is 641 g/mol. The third-order valence-electron chi connectivity index (χ3n) is 6.17. The summed E-state index contributed by atoms with van der Waals surface area (Å²) in [6.45, 7) is 18.5. The van der Waals surface area contributed by atoms with Crippen LogP contribution >= 0.6 is 15.9 Å². The van der Waals surface area contributed by atoms with Crippen molar-refractivity contribution in [2.24, 2.45) is 10.9 Å². The largest absolute Gasteiger partial charge is 0.364 e. The fraction of sp³-hybridized carbons (Fsp3) is 0.472. The predicted octanol–water partition coefficient (Wildman–Crippen LogP) is 10.3. The van der Waals surface area contributed by atoms with Crippen LogP contribution in [0.1, 0.15) is 102 Å². The molecule has 2 rings (SSSR count). The Labute approximate surface area is 265 Å². The molecule has 1 aromatic heterocycles. The normalized spacial score (nSPS) is 12.1. The van der Waals surface area contributed by atoms with Crippen molar-refractivity contribution in [3.8, 4) is 0 Å². The summed E-state index contributed by atoms with van der Waals surface area (Å²) in [5, 5.41) is 1.41. The number of hydroxylamine groups is 2. The molecule has 1 aromatic carbocycles. The van der Waals surface area contributed by atoms with E-state index in [1.807, 2.05) is 57.3 Å². The molecule has 1 heterocycles. The molecule has 6 heteroatoms. The maximum atomic E-state index is 11.9. The zero-order valence-corrected chi connectivity index (χ0v) is 29.1. The standard InChI is InChI=1S/C27H39BrN2O2.C7H9N.C2H6/c1-8-12-23(26(19-20(3)4)29-21(5)25(28)9-2)14-11-10-13-22-15-17-24(18-16-22)27(31)32-30(6)7;1-2-7-4-3-5-8-6-7;1-2/h9,15-19,23H,2,8,10-14H2,1,3-7H3;3-6H,2H2,1H3;1-2H3/b25-21-,29-26?;;. The highest BCUT2D eigenvalue weighted by Gasteiger charge is 2.14. The van der Waals surface area contributed by atoms with Crippen molar-refractivity contribution in [1.29, 1.82) is 0 Å². The van der Waals surface area contributed by atoms with Gasteiger partial charge in [0.15, 0.2) is 0 Å². The number of hydrogen-bond acceptors (Lipinski definition) is 5. The first-order valence-electron chi connectivity index (χ1n) is 15.2. The molecule has 0 amide bonds. The second-order valence-corrected chi connectivity index (χ2v) is 11.1. The van der Waals surface area contributed by atoms with Gasteiger partial charge in [0.2, 0.25) is 0 Å². The Balaban J connectivity index is 0.00000142. The van der Waals surface area contributed by atoms with Crippen LogP contribution in [0.2, 0.25) is 0 Å². The minimum atomic E-state index is -0.331. The summed E-state index contributed by atoms with van der Waals surface area (Å²) in [5.41, 5.74) is 6.49. The number of halogens is 1. The van der Waals surface area contributed by atoms with Crippen LogP contribution in [0.3, 0.4) is 0 Å². The molecule has 0 aliphatic heterocycles. The summed E-state index contributed by atoms with van der Waals surface area (Å²) >= 11 is 3.54. The molecule has 0 fully saturated rings. The molecular formula is C36H54BrN3O2. The fourth-order valence-electron chi connectivity index (χ4n) is 4.07. The topological polar surface area (TPSA) is 54.8 Å². The summed E-state index contributed by atoms with van der Waals surface area (Å²) in [6, 6.07) is 11.8. The molecule has 0 radical (unpaired) electrons.